The number of carbonyl (C=O) groups is 2. The molecule has 1 aliphatic rings. The van der Waals surface area contributed by atoms with Crippen LogP contribution in [0.4, 0.5) is 0 Å². The predicted octanol–water partition coefficient (Wildman–Crippen LogP) is -0.260. The molecule has 0 saturated carbocycles. The molecule has 2 unspecified atom stereocenters. The Morgan fingerprint density at radius 2 is 2.12 bits per heavy atom. The number of hydrogen-bond donors (Lipinski definition) is 2. The fraction of sp³-hybridized carbons (Fsp3) is 0.818. The van der Waals surface area contributed by atoms with Crippen LogP contribution in [0, 0.1) is 5.92 Å². The van der Waals surface area contributed by atoms with Crippen LogP contribution in [0.15, 0.2) is 0 Å². The zero-order valence-corrected chi connectivity index (χ0v) is 10.1. The summed E-state index contributed by atoms with van der Waals surface area (Å²) in [5.74, 6) is 0.00406. The maximum absolute atomic E-state index is 11.9. The van der Waals surface area contributed by atoms with Gasteiger partial charge >= 0.3 is 0 Å². The average molecular weight is 228 g/mol. The second kappa shape index (κ2) is 5.30. The molecule has 1 fully saturated rings. The van der Waals surface area contributed by atoms with E-state index in [0.717, 1.165) is 0 Å². The van der Waals surface area contributed by atoms with E-state index in [9.17, 15) is 14.7 Å². The number of aliphatic hydroxyl groups is 1. The quantitative estimate of drug-likeness (QED) is 0.699. The predicted molar refractivity (Wildman–Crippen MR) is 59.6 cm³/mol. The zero-order chi connectivity index (χ0) is 12.3. The Balaban J connectivity index is 2.69. The first-order chi connectivity index (χ1) is 7.45. The van der Waals surface area contributed by atoms with E-state index < -0.39 is 12.1 Å². The summed E-state index contributed by atoms with van der Waals surface area (Å²) in [5.41, 5.74) is 0. The van der Waals surface area contributed by atoms with Crippen molar-refractivity contribution in [2.75, 3.05) is 13.6 Å². The highest BCUT2D eigenvalue weighted by atomic mass is 16.3. The summed E-state index contributed by atoms with van der Waals surface area (Å²) in [6.07, 6.45) is 0.169. The lowest BCUT2D eigenvalue weighted by Gasteiger charge is -2.23. The van der Waals surface area contributed by atoms with Gasteiger partial charge in [-0.1, -0.05) is 13.8 Å². The minimum Gasteiger partial charge on any atom is -0.391 e. The second-order valence-corrected chi connectivity index (χ2v) is 4.66. The van der Waals surface area contributed by atoms with Gasteiger partial charge in [-0.25, -0.2) is 0 Å². The van der Waals surface area contributed by atoms with Crippen LogP contribution in [0.3, 0.4) is 0 Å². The van der Waals surface area contributed by atoms with Gasteiger partial charge in [0.1, 0.15) is 6.04 Å². The number of nitrogens with one attached hydrogen (secondary N) is 1. The van der Waals surface area contributed by atoms with Gasteiger partial charge in [0.15, 0.2) is 0 Å². The topological polar surface area (TPSA) is 69.6 Å². The number of likely N-dealkylation sites (tertiary alicyclic amines) is 1. The molecule has 1 rings (SSSR count). The van der Waals surface area contributed by atoms with Crippen molar-refractivity contribution < 1.29 is 14.7 Å². The largest absolute Gasteiger partial charge is 0.391 e. The third kappa shape index (κ3) is 2.95. The Morgan fingerprint density at radius 3 is 2.62 bits per heavy atom. The molecule has 2 amide bonds. The van der Waals surface area contributed by atoms with Crippen LogP contribution in [0.1, 0.15) is 26.7 Å². The molecule has 0 radical (unpaired) electrons. The summed E-state index contributed by atoms with van der Waals surface area (Å²) in [6, 6.07) is -0.508. The third-order valence-electron chi connectivity index (χ3n) is 2.73. The van der Waals surface area contributed by atoms with Crippen LogP contribution in [0.2, 0.25) is 0 Å². The van der Waals surface area contributed by atoms with Crippen molar-refractivity contribution in [2.24, 2.45) is 5.92 Å². The zero-order valence-electron chi connectivity index (χ0n) is 10.1. The van der Waals surface area contributed by atoms with Crippen molar-refractivity contribution in [3.05, 3.63) is 0 Å². The molecule has 92 valence electrons. The number of amides is 2. The van der Waals surface area contributed by atoms with E-state index in [1.165, 1.54) is 11.9 Å². The number of carbonyl (C=O) groups excluding carboxylic acids is 2. The van der Waals surface area contributed by atoms with Crippen LogP contribution in [0.5, 0.6) is 0 Å². The molecule has 2 N–H and O–H groups in total. The van der Waals surface area contributed by atoms with Crippen molar-refractivity contribution in [2.45, 2.75) is 38.8 Å². The highest BCUT2D eigenvalue weighted by molar-refractivity contribution is 5.88. The summed E-state index contributed by atoms with van der Waals surface area (Å²) in [6.45, 7) is 4.18. The van der Waals surface area contributed by atoms with E-state index in [4.69, 9.17) is 0 Å². The molecular formula is C11H20N2O3. The van der Waals surface area contributed by atoms with E-state index in [2.05, 4.69) is 5.32 Å². The van der Waals surface area contributed by atoms with E-state index >= 15 is 0 Å². The minimum absolute atomic E-state index is 0.0554. The van der Waals surface area contributed by atoms with Crippen LogP contribution < -0.4 is 5.32 Å². The monoisotopic (exact) mass is 228 g/mol. The Bertz CT molecular complexity index is 278. The second-order valence-electron chi connectivity index (χ2n) is 4.66. The first-order valence-electron chi connectivity index (χ1n) is 5.64. The van der Waals surface area contributed by atoms with Crippen LogP contribution in [0.25, 0.3) is 0 Å². The number of β-amino-alcohol motifs (C(OH)–C–C–N with tert-alkyl or cyclic N) is 1. The van der Waals surface area contributed by atoms with Gasteiger partial charge in [-0.2, -0.15) is 0 Å². The molecule has 0 aromatic rings. The summed E-state index contributed by atoms with van der Waals surface area (Å²) in [5, 5.41) is 12.0. The van der Waals surface area contributed by atoms with Crippen molar-refractivity contribution >= 4 is 11.8 Å². The normalized spacial score (nSPS) is 24.9. The molecule has 2 atom stereocenters. The Kier molecular flexibility index (Phi) is 4.29. The molecule has 1 saturated heterocycles. The Morgan fingerprint density at radius 1 is 1.50 bits per heavy atom. The fourth-order valence-corrected chi connectivity index (χ4v) is 1.97. The molecule has 0 bridgehead atoms. The molecule has 0 aromatic carbocycles. The number of aliphatic hydroxyl groups excluding tert-OH is 1. The van der Waals surface area contributed by atoms with Gasteiger partial charge in [0.05, 0.1) is 6.10 Å². The van der Waals surface area contributed by atoms with Gasteiger partial charge in [0.25, 0.3) is 0 Å². The molecular weight excluding hydrogens is 208 g/mol. The van der Waals surface area contributed by atoms with Gasteiger partial charge in [-0.3, -0.25) is 9.59 Å². The first-order valence-corrected chi connectivity index (χ1v) is 5.64. The number of hydrogen-bond acceptors (Lipinski definition) is 3. The molecule has 5 heteroatoms. The molecule has 1 heterocycles. The average Bonchev–Trinajstić information content (AvgIpc) is 2.58. The molecule has 1 aliphatic heterocycles. The van der Waals surface area contributed by atoms with Crippen LogP contribution >= 0.6 is 0 Å². The van der Waals surface area contributed by atoms with Crippen LogP contribution in [-0.4, -0.2) is 47.6 Å². The summed E-state index contributed by atoms with van der Waals surface area (Å²) < 4.78 is 0. The fourth-order valence-electron chi connectivity index (χ4n) is 1.97. The van der Waals surface area contributed by atoms with E-state index in [1.807, 2.05) is 13.8 Å². The van der Waals surface area contributed by atoms with Gasteiger partial charge < -0.3 is 15.3 Å². The molecule has 16 heavy (non-hydrogen) atoms. The lowest BCUT2D eigenvalue weighted by atomic mass is 10.1. The van der Waals surface area contributed by atoms with Crippen molar-refractivity contribution in [3.63, 3.8) is 0 Å². The molecule has 5 nitrogen and oxygen atoms in total. The number of rotatable bonds is 3. The summed E-state index contributed by atoms with van der Waals surface area (Å²) >= 11 is 0. The van der Waals surface area contributed by atoms with Gasteiger partial charge in [0, 0.05) is 26.4 Å². The minimum atomic E-state index is -0.585. The lowest BCUT2D eigenvalue weighted by Crippen LogP contribution is -2.45. The smallest absolute Gasteiger partial charge is 0.242 e. The first kappa shape index (κ1) is 13.0. The Hall–Kier alpha value is -1.10. The van der Waals surface area contributed by atoms with Crippen LogP contribution in [-0.2, 0) is 9.59 Å². The number of likely N-dealkylation sites (N-methyl/N-ethyl adjacent to an activating group) is 1. The van der Waals surface area contributed by atoms with E-state index in [-0.39, 0.29) is 24.3 Å². The molecule has 0 aliphatic carbocycles. The van der Waals surface area contributed by atoms with Crippen molar-refractivity contribution in [1.82, 2.24) is 10.2 Å². The highest BCUT2D eigenvalue weighted by Crippen LogP contribution is 2.20. The molecule has 0 spiro atoms. The molecule has 0 aromatic heterocycles. The third-order valence-corrected chi connectivity index (χ3v) is 2.73. The van der Waals surface area contributed by atoms with Gasteiger partial charge in [0.2, 0.25) is 11.8 Å². The lowest BCUT2D eigenvalue weighted by molar-refractivity contribution is -0.138. The van der Waals surface area contributed by atoms with E-state index in [0.29, 0.717) is 12.8 Å². The van der Waals surface area contributed by atoms with E-state index in [1.54, 1.807) is 0 Å². The summed E-state index contributed by atoms with van der Waals surface area (Å²) in [7, 11) is 1.54. The summed E-state index contributed by atoms with van der Waals surface area (Å²) in [4.78, 5) is 24.9. The number of nitrogens with zero attached hydrogens (tertiary/aromatic N) is 1. The highest BCUT2D eigenvalue weighted by Gasteiger charge is 2.38. The maximum atomic E-state index is 11.9. The Labute approximate surface area is 95.8 Å². The van der Waals surface area contributed by atoms with Gasteiger partial charge in [-0.15, -0.1) is 0 Å². The SMILES string of the molecule is CNC(=O)C1CC(O)CN1C(=O)CC(C)C. The standard InChI is InChI=1S/C11H20N2O3/c1-7(2)4-10(15)13-6-8(14)5-9(13)11(16)12-3/h7-9,14H,4-6H2,1-3H3,(H,12,16). The van der Waals surface area contributed by atoms with Gasteiger partial charge in [-0.05, 0) is 5.92 Å². The van der Waals surface area contributed by atoms with Crippen molar-refractivity contribution in [1.29, 1.82) is 0 Å². The van der Waals surface area contributed by atoms with Crippen molar-refractivity contribution in [3.8, 4) is 0 Å². The maximum Gasteiger partial charge on any atom is 0.242 e.